The van der Waals surface area contributed by atoms with Gasteiger partial charge in [0.15, 0.2) is 0 Å². The van der Waals surface area contributed by atoms with E-state index in [0.717, 1.165) is 11.3 Å². The van der Waals surface area contributed by atoms with Gasteiger partial charge in [-0.3, -0.25) is 24.6 Å². The van der Waals surface area contributed by atoms with Crippen LogP contribution in [-0.4, -0.2) is 51.7 Å². The van der Waals surface area contributed by atoms with Crippen molar-refractivity contribution < 1.29 is 24.7 Å². The fourth-order valence-corrected chi connectivity index (χ4v) is 3.26. The molecule has 39 heavy (non-hydrogen) atoms. The standard InChI is InChI=1S/C29H27N5O5/c1-20(35)27(29(38)34-39)33-28(37)23-13-9-21(10-14-23)6-2-3-7-22-11-15-24(16-12-22)32-26(36)19-30-18-25-8-4-5-17-31-25/h4-5,8-17,20,27,30,35,39H,18-19H2,1H3,(H,32,36)(H,33,37)(H,34,38)/t20-,27+/m1/s1. The van der Waals surface area contributed by atoms with Gasteiger partial charge in [0.25, 0.3) is 11.8 Å². The van der Waals surface area contributed by atoms with Crippen LogP contribution >= 0.6 is 0 Å². The van der Waals surface area contributed by atoms with Crippen molar-refractivity contribution in [1.82, 2.24) is 21.1 Å². The molecule has 1 aromatic heterocycles. The Labute approximate surface area is 225 Å². The van der Waals surface area contributed by atoms with E-state index in [9.17, 15) is 19.5 Å². The average Bonchev–Trinajstić information content (AvgIpc) is 2.95. The zero-order chi connectivity index (χ0) is 28.0. The van der Waals surface area contributed by atoms with Gasteiger partial charge in [-0.2, -0.15) is 0 Å². The molecule has 2 aromatic carbocycles. The number of aliphatic hydroxyl groups excluding tert-OH is 1. The Hall–Kier alpha value is -5.00. The summed E-state index contributed by atoms with van der Waals surface area (Å²) in [6, 6.07) is 17.6. The lowest BCUT2D eigenvalue weighted by Gasteiger charge is -2.19. The number of aromatic nitrogens is 1. The molecule has 6 N–H and O–H groups in total. The maximum atomic E-state index is 12.3. The summed E-state index contributed by atoms with van der Waals surface area (Å²) in [5.74, 6) is 9.61. The van der Waals surface area contributed by atoms with Crippen LogP contribution in [0.5, 0.6) is 0 Å². The first-order valence-corrected chi connectivity index (χ1v) is 11.9. The summed E-state index contributed by atoms with van der Waals surface area (Å²) in [5.41, 5.74) is 4.51. The van der Waals surface area contributed by atoms with Crippen LogP contribution in [0, 0.1) is 23.7 Å². The Kier molecular flexibility index (Phi) is 10.7. The predicted octanol–water partition coefficient (Wildman–Crippen LogP) is 1.20. The SMILES string of the molecule is C[C@@H](O)[C@H](NC(=O)c1ccc(C#CC#Cc2ccc(NC(=O)CNCc3ccccn3)cc2)cc1)C(=O)NO. The zero-order valence-corrected chi connectivity index (χ0v) is 21.1. The van der Waals surface area contributed by atoms with Gasteiger partial charge in [-0.15, -0.1) is 0 Å². The summed E-state index contributed by atoms with van der Waals surface area (Å²) >= 11 is 0. The second kappa shape index (κ2) is 14.7. The minimum atomic E-state index is -1.30. The largest absolute Gasteiger partial charge is 0.391 e. The van der Waals surface area contributed by atoms with Crippen molar-refractivity contribution in [2.45, 2.75) is 25.6 Å². The molecule has 2 atom stereocenters. The Bertz CT molecular complexity index is 1400. The van der Waals surface area contributed by atoms with E-state index in [-0.39, 0.29) is 18.0 Å². The predicted molar refractivity (Wildman–Crippen MR) is 144 cm³/mol. The van der Waals surface area contributed by atoms with Gasteiger partial charge < -0.3 is 21.1 Å². The van der Waals surface area contributed by atoms with Gasteiger partial charge in [0.05, 0.1) is 18.3 Å². The third-order valence-corrected chi connectivity index (χ3v) is 5.27. The van der Waals surface area contributed by atoms with Gasteiger partial charge in [-0.25, -0.2) is 5.48 Å². The van der Waals surface area contributed by atoms with Crippen molar-refractivity contribution in [3.63, 3.8) is 0 Å². The molecule has 0 saturated heterocycles. The summed E-state index contributed by atoms with van der Waals surface area (Å²) in [7, 11) is 0. The molecule has 0 bridgehead atoms. The number of benzene rings is 2. The number of nitrogens with zero attached hydrogens (tertiary/aromatic N) is 1. The molecular formula is C29H27N5O5. The number of rotatable bonds is 9. The van der Waals surface area contributed by atoms with Gasteiger partial charge in [-0.05, 0) is 79.4 Å². The molecule has 10 heteroatoms. The molecule has 0 spiro atoms. The molecule has 198 valence electrons. The number of hydrogen-bond acceptors (Lipinski definition) is 7. The van der Waals surface area contributed by atoms with E-state index in [1.165, 1.54) is 24.5 Å². The molecule has 3 aromatic rings. The van der Waals surface area contributed by atoms with Gasteiger partial charge in [-0.1, -0.05) is 17.9 Å². The fourth-order valence-electron chi connectivity index (χ4n) is 3.26. The molecule has 3 amide bonds. The molecule has 10 nitrogen and oxygen atoms in total. The minimum absolute atomic E-state index is 0.155. The van der Waals surface area contributed by atoms with Gasteiger partial charge >= 0.3 is 0 Å². The van der Waals surface area contributed by atoms with E-state index >= 15 is 0 Å². The number of aliphatic hydroxyl groups is 1. The van der Waals surface area contributed by atoms with Crippen molar-refractivity contribution in [2.75, 3.05) is 11.9 Å². The van der Waals surface area contributed by atoms with E-state index < -0.39 is 24.0 Å². The van der Waals surface area contributed by atoms with E-state index in [2.05, 4.69) is 44.6 Å². The first-order chi connectivity index (χ1) is 18.9. The number of carbonyl (C=O) groups excluding carboxylic acids is 3. The van der Waals surface area contributed by atoms with Crippen molar-refractivity contribution >= 4 is 23.4 Å². The first-order valence-electron chi connectivity index (χ1n) is 11.9. The maximum Gasteiger partial charge on any atom is 0.268 e. The molecule has 0 aliphatic carbocycles. The number of nitrogens with one attached hydrogen (secondary N) is 4. The number of anilines is 1. The third kappa shape index (κ3) is 9.43. The Morgan fingerprint density at radius 3 is 2.13 bits per heavy atom. The number of hydrogen-bond donors (Lipinski definition) is 6. The van der Waals surface area contributed by atoms with E-state index in [0.29, 0.717) is 17.8 Å². The third-order valence-electron chi connectivity index (χ3n) is 5.27. The molecule has 0 fully saturated rings. The number of hydroxylamine groups is 1. The lowest BCUT2D eigenvalue weighted by molar-refractivity contribution is -0.133. The Morgan fingerprint density at radius 2 is 1.56 bits per heavy atom. The molecule has 0 unspecified atom stereocenters. The molecule has 1 heterocycles. The van der Waals surface area contributed by atoms with Crippen molar-refractivity contribution in [3.8, 4) is 23.7 Å². The van der Waals surface area contributed by atoms with Crippen LogP contribution in [0.15, 0.2) is 72.9 Å². The second-order valence-electron chi connectivity index (χ2n) is 8.30. The molecule has 0 radical (unpaired) electrons. The molecular weight excluding hydrogens is 498 g/mol. The molecule has 0 saturated carbocycles. The molecule has 0 aliphatic heterocycles. The van der Waals surface area contributed by atoms with Crippen LogP contribution in [0.4, 0.5) is 5.69 Å². The van der Waals surface area contributed by atoms with Crippen LogP contribution < -0.4 is 21.4 Å². The van der Waals surface area contributed by atoms with Crippen molar-refractivity contribution in [3.05, 3.63) is 95.3 Å². The normalized spacial score (nSPS) is 11.5. The van der Waals surface area contributed by atoms with Crippen LogP contribution in [0.1, 0.15) is 34.1 Å². The van der Waals surface area contributed by atoms with Crippen molar-refractivity contribution in [1.29, 1.82) is 0 Å². The fraction of sp³-hybridized carbons (Fsp3) is 0.172. The second-order valence-corrected chi connectivity index (χ2v) is 8.30. The minimum Gasteiger partial charge on any atom is -0.391 e. The molecule has 3 rings (SSSR count). The summed E-state index contributed by atoms with van der Waals surface area (Å²) < 4.78 is 0. The summed E-state index contributed by atoms with van der Waals surface area (Å²) in [4.78, 5) is 40.2. The summed E-state index contributed by atoms with van der Waals surface area (Å²) in [5, 5.41) is 26.6. The summed E-state index contributed by atoms with van der Waals surface area (Å²) in [6.45, 7) is 1.97. The highest BCUT2D eigenvalue weighted by Crippen LogP contribution is 2.09. The van der Waals surface area contributed by atoms with E-state index in [1.54, 1.807) is 42.6 Å². The first kappa shape index (κ1) is 28.6. The van der Waals surface area contributed by atoms with E-state index in [4.69, 9.17) is 5.21 Å². The number of pyridine rings is 1. The highest BCUT2D eigenvalue weighted by atomic mass is 16.5. The van der Waals surface area contributed by atoms with Gasteiger partial charge in [0.2, 0.25) is 5.91 Å². The average molecular weight is 526 g/mol. The van der Waals surface area contributed by atoms with Crippen LogP contribution in [0.2, 0.25) is 0 Å². The van der Waals surface area contributed by atoms with Crippen LogP contribution in [-0.2, 0) is 16.1 Å². The van der Waals surface area contributed by atoms with Crippen LogP contribution in [0.25, 0.3) is 0 Å². The zero-order valence-electron chi connectivity index (χ0n) is 21.1. The Morgan fingerprint density at radius 1 is 0.923 bits per heavy atom. The van der Waals surface area contributed by atoms with Gasteiger partial charge in [0.1, 0.15) is 6.04 Å². The highest BCUT2D eigenvalue weighted by Gasteiger charge is 2.25. The topological polar surface area (TPSA) is 153 Å². The molecule has 0 aliphatic rings. The lowest BCUT2D eigenvalue weighted by atomic mass is 10.1. The monoisotopic (exact) mass is 525 g/mol. The maximum absolute atomic E-state index is 12.3. The number of carbonyl (C=O) groups is 3. The number of amides is 3. The van der Waals surface area contributed by atoms with E-state index in [1.807, 2.05) is 18.2 Å². The summed E-state index contributed by atoms with van der Waals surface area (Å²) in [6.07, 6.45) is 0.500. The quantitative estimate of drug-likeness (QED) is 0.139. The Balaban J connectivity index is 1.48. The lowest BCUT2D eigenvalue weighted by Crippen LogP contribution is -2.51. The highest BCUT2D eigenvalue weighted by molar-refractivity contribution is 5.97. The smallest absolute Gasteiger partial charge is 0.268 e. The van der Waals surface area contributed by atoms with Gasteiger partial charge in [0, 0.05) is 35.1 Å². The van der Waals surface area contributed by atoms with Crippen LogP contribution in [0.3, 0.4) is 0 Å². The van der Waals surface area contributed by atoms with Crippen molar-refractivity contribution in [2.24, 2.45) is 0 Å².